The van der Waals surface area contributed by atoms with Gasteiger partial charge in [0.25, 0.3) is 0 Å². The third-order valence-corrected chi connectivity index (χ3v) is 4.34. The van der Waals surface area contributed by atoms with Crippen molar-refractivity contribution in [3.63, 3.8) is 0 Å². The second-order valence-electron chi connectivity index (χ2n) is 6.33. The normalized spacial score (nSPS) is 21.5. The van der Waals surface area contributed by atoms with E-state index in [0.29, 0.717) is 0 Å². The monoisotopic (exact) mass is 308 g/mol. The molecule has 4 heteroatoms. The Morgan fingerprint density at radius 1 is 0.864 bits per heavy atom. The lowest BCUT2D eigenvalue weighted by Gasteiger charge is -2.27. The molecule has 22 heavy (non-hydrogen) atoms. The predicted octanol–water partition coefficient (Wildman–Crippen LogP) is 0.0476. The van der Waals surface area contributed by atoms with Crippen LogP contribution in [0.25, 0.3) is 0 Å². The highest BCUT2D eigenvalue weighted by Crippen LogP contribution is 2.17. The quantitative estimate of drug-likeness (QED) is 0.631. The van der Waals surface area contributed by atoms with Crippen LogP contribution in [0.3, 0.4) is 0 Å². The zero-order valence-corrected chi connectivity index (χ0v) is 14.2. The minimum Gasteiger partial charge on any atom is -0.494 e. The molecule has 124 valence electrons. The first kappa shape index (κ1) is 17.1. The molecule has 0 radical (unpaired) electrons. The van der Waals surface area contributed by atoms with Crippen molar-refractivity contribution in [3.05, 3.63) is 24.3 Å². The number of quaternary nitrogens is 2. The van der Waals surface area contributed by atoms with Crippen LogP contribution >= 0.6 is 0 Å². The van der Waals surface area contributed by atoms with Gasteiger partial charge in [-0.1, -0.05) is 13.3 Å². The summed E-state index contributed by atoms with van der Waals surface area (Å²) in [5.41, 5.74) is 0. The van der Waals surface area contributed by atoms with Crippen molar-refractivity contribution in [2.24, 2.45) is 0 Å². The van der Waals surface area contributed by atoms with Crippen LogP contribution in [0.2, 0.25) is 0 Å². The van der Waals surface area contributed by atoms with Gasteiger partial charge in [0.15, 0.2) is 0 Å². The van der Waals surface area contributed by atoms with Gasteiger partial charge in [-0.3, -0.25) is 0 Å². The summed E-state index contributed by atoms with van der Waals surface area (Å²) in [7, 11) is 2.29. The number of likely N-dealkylation sites (N-methyl/N-ethyl adjacent to an activating group) is 1. The first-order chi connectivity index (χ1) is 10.8. The molecule has 1 aliphatic rings. The highest BCUT2D eigenvalue weighted by molar-refractivity contribution is 5.31. The van der Waals surface area contributed by atoms with Crippen molar-refractivity contribution >= 4 is 0 Å². The zero-order chi connectivity index (χ0) is 15.6. The van der Waals surface area contributed by atoms with Gasteiger partial charge in [-0.2, -0.15) is 0 Å². The lowest BCUT2D eigenvalue weighted by molar-refractivity contribution is -1.00. The maximum absolute atomic E-state index is 5.82. The fourth-order valence-corrected chi connectivity index (χ4v) is 2.76. The van der Waals surface area contributed by atoms with Gasteiger partial charge in [0.1, 0.15) is 37.7 Å². The van der Waals surface area contributed by atoms with E-state index in [1.807, 2.05) is 24.3 Å². The van der Waals surface area contributed by atoms with E-state index in [4.69, 9.17) is 9.47 Å². The van der Waals surface area contributed by atoms with E-state index in [1.165, 1.54) is 32.7 Å². The Labute approximate surface area is 135 Å². The number of benzene rings is 1. The summed E-state index contributed by atoms with van der Waals surface area (Å²) in [6.45, 7) is 10.2. The summed E-state index contributed by atoms with van der Waals surface area (Å²) in [5, 5.41) is 0. The highest BCUT2D eigenvalue weighted by Gasteiger charge is 2.18. The molecule has 0 bridgehead atoms. The van der Waals surface area contributed by atoms with Gasteiger partial charge < -0.3 is 19.3 Å². The van der Waals surface area contributed by atoms with Crippen LogP contribution in [0.5, 0.6) is 11.5 Å². The largest absolute Gasteiger partial charge is 0.494 e. The molecule has 0 saturated carbocycles. The lowest BCUT2D eigenvalue weighted by Crippen LogP contribution is -3.27. The van der Waals surface area contributed by atoms with Crippen LogP contribution in [-0.2, 0) is 0 Å². The highest BCUT2D eigenvalue weighted by atomic mass is 16.5. The van der Waals surface area contributed by atoms with E-state index in [0.717, 1.165) is 44.0 Å². The number of hydrogen-bond donors (Lipinski definition) is 2. The molecule has 2 N–H and O–H groups in total. The summed E-state index contributed by atoms with van der Waals surface area (Å²) in [6, 6.07) is 8.01. The fourth-order valence-electron chi connectivity index (χ4n) is 2.76. The number of hydrogen-bond acceptors (Lipinski definition) is 2. The van der Waals surface area contributed by atoms with E-state index in [2.05, 4.69) is 14.0 Å². The Morgan fingerprint density at radius 2 is 1.41 bits per heavy atom. The van der Waals surface area contributed by atoms with Crippen LogP contribution < -0.4 is 19.3 Å². The van der Waals surface area contributed by atoms with Gasteiger partial charge in [-0.15, -0.1) is 0 Å². The topological polar surface area (TPSA) is 27.3 Å². The summed E-state index contributed by atoms with van der Waals surface area (Å²) in [4.78, 5) is 3.40. The minimum absolute atomic E-state index is 0.798. The second kappa shape index (κ2) is 9.70. The molecule has 0 unspecified atom stereocenters. The van der Waals surface area contributed by atoms with Gasteiger partial charge in [-0.05, 0) is 30.7 Å². The van der Waals surface area contributed by atoms with E-state index in [9.17, 15) is 0 Å². The third-order valence-electron chi connectivity index (χ3n) is 4.34. The third kappa shape index (κ3) is 6.24. The van der Waals surface area contributed by atoms with Crippen LogP contribution in [-0.4, -0.2) is 53.0 Å². The van der Waals surface area contributed by atoms with Crippen molar-refractivity contribution in [2.75, 3.05) is 53.0 Å². The number of rotatable bonds is 9. The van der Waals surface area contributed by atoms with Crippen molar-refractivity contribution in [3.8, 4) is 11.5 Å². The van der Waals surface area contributed by atoms with E-state index in [1.54, 1.807) is 9.80 Å². The van der Waals surface area contributed by atoms with Crippen LogP contribution in [0.1, 0.15) is 26.2 Å². The summed E-state index contributed by atoms with van der Waals surface area (Å²) < 4.78 is 11.5. The molecule has 1 fully saturated rings. The number of nitrogens with one attached hydrogen (secondary N) is 2. The summed E-state index contributed by atoms with van der Waals surface area (Å²) >= 11 is 0. The lowest BCUT2D eigenvalue weighted by atomic mass is 10.3. The first-order valence-electron chi connectivity index (χ1n) is 8.78. The Morgan fingerprint density at radius 3 is 1.95 bits per heavy atom. The summed E-state index contributed by atoms with van der Waals surface area (Å²) in [6.07, 6.45) is 3.40. The molecule has 0 atom stereocenters. The molecule has 1 aromatic carbocycles. The Bertz CT molecular complexity index is 400. The van der Waals surface area contributed by atoms with Crippen molar-refractivity contribution in [1.29, 1.82) is 0 Å². The van der Waals surface area contributed by atoms with Gasteiger partial charge in [0, 0.05) is 6.42 Å². The molecule has 1 heterocycles. The van der Waals surface area contributed by atoms with Crippen LogP contribution in [0.4, 0.5) is 0 Å². The predicted molar refractivity (Wildman–Crippen MR) is 89.1 cm³/mol. The van der Waals surface area contributed by atoms with E-state index >= 15 is 0 Å². The molecule has 0 spiro atoms. The molecular weight excluding hydrogens is 276 g/mol. The molecule has 2 rings (SSSR count). The maximum Gasteiger partial charge on any atom is 0.127 e. The molecule has 4 nitrogen and oxygen atoms in total. The van der Waals surface area contributed by atoms with Crippen molar-refractivity contribution in [2.45, 2.75) is 26.2 Å². The molecular formula is C18H32N2O2+2. The Balaban J connectivity index is 1.58. The molecule has 0 aliphatic carbocycles. The van der Waals surface area contributed by atoms with Crippen LogP contribution in [0.15, 0.2) is 24.3 Å². The number of ether oxygens (including phenoxy) is 2. The van der Waals surface area contributed by atoms with Gasteiger partial charge in [0.05, 0.1) is 26.8 Å². The molecule has 1 saturated heterocycles. The Kier molecular flexibility index (Phi) is 7.54. The molecule has 1 aliphatic heterocycles. The van der Waals surface area contributed by atoms with E-state index in [-0.39, 0.29) is 0 Å². The molecule has 0 aromatic heterocycles. The van der Waals surface area contributed by atoms with Crippen molar-refractivity contribution in [1.82, 2.24) is 0 Å². The van der Waals surface area contributed by atoms with Gasteiger partial charge in [0.2, 0.25) is 0 Å². The standard InChI is InChI=1S/C18H30N2O2/c1-3-4-15-21-17-6-8-18(9-7-17)22-16-5-10-20-13-11-19(2)12-14-20/h6-9H,3-5,10-16H2,1-2H3/p+2. The molecule has 0 amide bonds. The van der Waals surface area contributed by atoms with Crippen molar-refractivity contribution < 1.29 is 19.3 Å². The number of piperazine rings is 1. The fraction of sp³-hybridized carbons (Fsp3) is 0.667. The zero-order valence-electron chi connectivity index (χ0n) is 14.2. The SMILES string of the molecule is CCCCOc1ccc(OCCC[NH+]2CC[NH+](C)CC2)cc1. The smallest absolute Gasteiger partial charge is 0.127 e. The van der Waals surface area contributed by atoms with E-state index < -0.39 is 0 Å². The second-order valence-corrected chi connectivity index (χ2v) is 6.33. The Hall–Kier alpha value is -1.26. The number of unbranched alkanes of at least 4 members (excludes halogenated alkanes) is 1. The van der Waals surface area contributed by atoms with Gasteiger partial charge >= 0.3 is 0 Å². The summed E-state index contributed by atoms with van der Waals surface area (Å²) in [5.74, 6) is 1.88. The van der Waals surface area contributed by atoms with Gasteiger partial charge in [-0.25, -0.2) is 0 Å². The first-order valence-corrected chi connectivity index (χ1v) is 8.78. The average molecular weight is 308 g/mol. The van der Waals surface area contributed by atoms with Crippen LogP contribution in [0, 0.1) is 0 Å². The minimum atomic E-state index is 0.798. The molecule has 1 aromatic rings. The average Bonchev–Trinajstić information content (AvgIpc) is 2.55. The maximum atomic E-state index is 5.82.